The highest BCUT2D eigenvalue weighted by molar-refractivity contribution is 5.94. The summed E-state index contributed by atoms with van der Waals surface area (Å²) in [6.07, 6.45) is 9.16. The molecule has 4 nitrogen and oxygen atoms in total. The summed E-state index contributed by atoms with van der Waals surface area (Å²) in [6, 6.07) is 7.67. The Bertz CT molecular complexity index is 653. The van der Waals surface area contributed by atoms with Gasteiger partial charge in [0.15, 0.2) is 6.29 Å². The van der Waals surface area contributed by atoms with Gasteiger partial charge >= 0.3 is 0 Å². The SMILES string of the molecule is CCCCC1CCCC(C(C)C(O)OCc2ccc(C(=O)N3CCCC3)cc2)C1C. The molecule has 2 aliphatic rings. The number of likely N-dealkylation sites (tertiary alicyclic amines) is 1. The molecule has 1 N–H and O–H groups in total. The van der Waals surface area contributed by atoms with Crippen molar-refractivity contribution in [3.05, 3.63) is 35.4 Å². The van der Waals surface area contributed by atoms with Crippen molar-refractivity contribution in [2.24, 2.45) is 23.7 Å². The van der Waals surface area contributed by atoms with Gasteiger partial charge in [-0.15, -0.1) is 0 Å². The van der Waals surface area contributed by atoms with Crippen LogP contribution in [0.1, 0.15) is 88.1 Å². The molecule has 1 amide bonds. The standard InChI is InChI=1S/C26H41NO3/c1-4-5-9-22-10-8-11-24(19(22)2)20(3)26(29)30-18-21-12-14-23(15-13-21)25(28)27-16-6-7-17-27/h12-15,19-20,22,24,26,29H,4-11,16-18H2,1-3H3. The molecule has 2 fully saturated rings. The van der Waals surface area contributed by atoms with Crippen LogP contribution in [0.25, 0.3) is 0 Å². The second kappa shape index (κ2) is 11.3. The third-order valence-corrected chi connectivity index (χ3v) is 7.60. The third-order valence-electron chi connectivity index (χ3n) is 7.60. The maximum absolute atomic E-state index is 12.5. The van der Waals surface area contributed by atoms with Gasteiger partial charge in [0.05, 0.1) is 6.61 Å². The predicted octanol–water partition coefficient (Wildman–Crippen LogP) is 5.64. The van der Waals surface area contributed by atoms with Crippen molar-refractivity contribution < 1.29 is 14.6 Å². The lowest BCUT2D eigenvalue weighted by Gasteiger charge is -2.40. The molecule has 0 radical (unpaired) electrons. The number of aliphatic hydroxyl groups is 1. The van der Waals surface area contributed by atoms with Crippen LogP contribution in [-0.2, 0) is 11.3 Å². The van der Waals surface area contributed by atoms with E-state index in [0.717, 1.165) is 43.0 Å². The second-order valence-electron chi connectivity index (χ2n) is 9.61. The van der Waals surface area contributed by atoms with Crippen LogP contribution in [0.15, 0.2) is 24.3 Å². The number of carbonyl (C=O) groups is 1. The Kier molecular flexibility index (Phi) is 8.76. The molecule has 30 heavy (non-hydrogen) atoms. The van der Waals surface area contributed by atoms with Crippen molar-refractivity contribution in [1.29, 1.82) is 0 Å². The molecule has 1 saturated heterocycles. The van der Waals surface area contributed by atoms with Gasteiger partial charge in [0, 0.05) is 24.6 Å². The fraction of sp³-hybridized carbons (Fsp3) is 0.731. The molecule has 5 atom stereocenters. The first-order valence-electron chi connectivity index (χ1n) is 12.2. The van der Waals surface area contributed by atoms with Gasteiger partial charge < -0.3 is 14.7 Å². The number of amides is 1. The second-order valence-corrected chi connectivity index (χ2v) is 9.61. The van der Waals surface area contributed by atoms with E-state index < -0.39 is 6.29 Å². The summed E-state index contributed by atoms with van der Waals surface area (Å²) in [4.78, 5) is 14.4. The first-order valence-corrected chi connectivity index (χ1v) is 12.2. The van der Waals surface area contributed by atoms with E-state index in [2.05, 4.69) is 20.8 Å². The lowest BCUT2D eigenvalue weighted by Crippen LogP contribution is -2.36. The van der Waals surface area contributed by atoms with Gasteiger partial charge in [0.1, 0.15) is 0 Å². The number of rotatable bonds is 9. The van der Waals surface area contributed by atoms with Crippen LogP contribution in [0, 0.1) is 23.7 Å². The third kappa shape index (κ3) is 5.85. The van der Waals surface area contributed by atoms with E-state index in [1.54, 1.807) is 0 Å². The molecule has 1 aliphatic carbocycles. The fourth-order valence-electron chi connectivity index (χ4n) is 5.50. The molecule has 3 rings (SSSR count). The minimum absolute atomic E-state index is 0.123. The maximum Gasteiger partial charge on any atom is 0.253 e. The smallest absolute Gasteiger partial charge is 0.253 e. The van der Waals surface area contributed by atoms with Gasteiger partial charge in [-0.05, 0) is 54.7 Å². The summed E-state index contributed by atoms with van der Waals surface area (Å²) in [7, 11) is 0. The number of ether oxygens (including phenoxy) is 1. The zero-order valence-electron chi connectivity index (χ0n) is 19.2. The van der Waals surface area contributed by atoms with Crippen LogP contribution in [0.4, 0.5) is 0 Å². The van der Waals surface area contributed by atoms with Crippen molar-refractivity contribution in [3.8, 4) is 0 Å². The molecule has 0 spiro atoms. The summed E-state index contributed by atoms with van der Waals surface area (Å²) in [5.41, 5.74) is 1.74. The Morgan fingerprint density at radius 2 is 1.87 bits per heavy atom. The number of benzene rings is 1. The Balaban J connectivity index is 1.49. The zero-order valence-corrected chi connectivity index (χ0v) is 19.2. The Morgan fingerprint density at radius 1 is 1.17 bits per heavy atom. The van der Waals surface area contributed by atoms with E-state index in [4.69, 9.17) is 4.74 Å². The molecule has 5 unspecified atom stereocenters. The van der Waals surface area contributed by atoms with Crippen molar-refractivity contribution >= 4 is 5.91 Å². The summed E-state index contributed by atoms with van der Waals surface area (Å²) in [6.45, 7) is 8.90. The number of hydrogen-bond donors (Lipinski definition) is 1. The summed E-state index contributed by atoms with van der Waals surface area (Å²) < 4.78 is 5.87. The van der Waals surface area contributed by atoms with E-state index in [-0.39, 0.29) is 11.8 Å². The molecule has 0 bridgehead atoms. The van der Waals surface area contributed by atoms with Gasteiger partial charge in [-0.3, -0.25) is 4.79 Å². The van der Waals surface area contributed by atoms with Gasteiger partial charge in [0.2, 0.25) is 0 Å². The average molecular weight is 416 g/mol. The van der Waals surface area contributed by atoms with Gasteiger partial charge in [-0.2, -0.15) is 0 Å². The van der Waals surface area contributed by atoms with Crippen LogP contribution in [0.5, 0.6) is 0 Å². The number of nitrogens with zero attached hydrogens (tertiary/aromatic N) is 1. The van der Waals surface area contributed by atoms with Crippen molar-refractivity contribution in [3.63, 3.8) is 0 Å². The molecule has 4 heteroatoms. The molecule has 1 heterocycles. The summed E-state index contributed by atoms with van der Waals surface area (Å²) >= 11 is 0. The minimum atomic E-state index is -0.742. The quantitative estimate of drug-likeness (QED) is 0.531. The number of hydrogen-bond acceptors (Lipinski definition) is 3. The van der Waals surface area contributed by atoms with E-state index in [1.807, 2.05) is 29.2 Å². The molecule has 0 aromatic heterocycles. The van der Waals surface area contributed by atoms with Gasteiger partial charge in [0.25, 0.3) is 5.91 Å². The van der Waals surface area contributed by atoms with E-state index in [1.165, 1.54) is 38.5 Å². The van der Waals surface area contributed by atoms with Gasteiger partial charge in [-0.25, -0.2) is 0 Å². The van der Waals surface area contributed by atoms with E-state index >= 15 is 0 Å². The number of aliphatic hydroxyl groups excluding tert-OH is 1. The minimum Gasteiger partial charge on any atom is -0.368 e. The highest BCUT2D eigenvalue weighted by atomic mass is 16.6. The number of carbonyl (C=O) groups excluding carboxylic acids is 1. The lowest BCUT2D eigenvalue weighted by molar-refractivity contribution is -0.159. The van der Waals surface area contributed by atoms with Crippen molar-refractivity contribution in [2.45, 2.75) is 85.0 Å². The molecular formula is C26H41NO3. The maximum atomic E-state index is 12.5. The zero-order chi connectivity index (χ0) is 21.5. The fourth-order valence-corrected chi connectivity index (χ4v) is 5.50. The molecular weight excluding hydrogens is 374 g/mol. The van der Waals surface area contributed by atoms with Crippen LogP contribution < -0.4 is 0 Å². The number of unbranched alkanes of at least 4 members (excludes halogenated alkanes) is 1. The average Bonchev–Trinajstić information content (AvgIpc) is 3.31. The van der Waals surface area contributed by atoms with Crippen LogP contribution >= 0.6 is 0 Å². The Hall–Kier alpha value is -1.39. The first-order chi connectivity index (χ1) is 14.5. The van der Waals surface area contributed by atoms with Crippen molar-refractivity contribution in [2.75, 3.05) is 13.1 Å². The van der Waals surface area contributed by atoms with E-state index in [9.17, 15) is 9.90 Å². The Labute approximate surface area is 183 Å². The predicted molar refractivity (Wildman–Crippen MR) is 121 cm³/mol. The molecule has 1 saturated carbocycles. The molecule has 168 valence electrons. The first kappa shape index (κ1) is 23.3. The van der Waals surface area contributed by atoms with E-state index in [0.29, 0.717) is 18.4 Å². The van der Waals surface area contributed by atoms with Crippen LogP contribution in [-0.4, -0.2) is 35.3 Å². The van der Waals surface area contributed by atoms with Gasteiger partial charge in [-0.1, -0.05) is 65.0 Å². The largest absolute Gasteiger partial charge is 0.368 e. The van der Waals surface area contributed by atoms with Crippen molar-refractivity contribution in [1.82, 2.24) is 4.90 Å². The summed E-state index contributed by atoms with van der Waals surface area (Å²) in [5.74, 6) is 2.22. The topological polar surface area (TPSA) is 49.8 Å². The van der Waals surface area contributed by atoms with Crippen LogP contribution in [0.2, 0.25) is 0 Å². The highest BCUT2D eigenvalue weighted by Gasteiger charge is 2.35. The Morgan fingerprint density at radius 3 is 2.53 bits per heavy atom. The highest BCUT2D eigenvalue weighted by Crippen LogP contribution is 2.42. The normalized spacial score (nSPS) is 26.5. The molecule has 1 aromatic rings. The van der Waals surface area contributed by atoms with Crippen LogP contribution in [0.3, 0.4) is 0 Å². The molecule has 1 aromatic carbocycles. The monoisotopic (exact) mass is 415 g/mol. The summed E-state index contributed by atoms with van der Waals surface area (Å²) in [5, 5.41) is 10.7. The lowest BCUT2D eigenvalue weighted by atomic mass is 9.67. The molecule has 1 aliphatic heterocycles.